The molecule has 2 rings (SSSR count). The molecule has 0 aromatic heterocycles. The van der Waals surface area contributed by atoms with E-state index >= 15 is 0 Å². The number of benzene rings is 1. The van der Waals surface area contributed by atoms with Crippen LogP contribution < -0.4 is 4.74 Å². The van der Waals surface area contributed by atoms with Crippen LogP contribution in [0.1, 0.15) is 56.7 Å². The minimum atomic E-state index is -0.861. The van der Waals surface area contributed by atoms with E-state index in [2.05, 4.69) is 32.9 Å². The fourth-order valence-corrected chi connectivity index (χ4v) is 2.70. The molecule has 3 nitrogen and oxygen atoms in total. The fourth-order valence-electron chi connectivity index (χ4n) is 2.70. The zero-order chi connectivity index (χ0) is 14.9. The van der Waals surface area contributed by atoms with Crippen LogP contribution in [0.3, 0.4) is 0 Å². The molecule has 0 saturated heterocycles. The van der Waals surface area contributed by atoms with Crippen molar-refractivity contribution in [2.45, 2.75) is 59.0 Å². The summed E-state index contributed by atoms with van der Waals surface area (Å²) in [6.07, 6.45) is 1.53. The number of hydrogen-bond acceptors (Lipinski definition) is 3. The third-order valence-corrected chi connectivity index (χ3v) is 4.03. The number of hydrogen-bond donors (Lipinski definition) is 0. The van der Waals surface area contributed by atoms with Gasteiger partial charge < -0.3 is 9.47 Å². The number of ether oxygens (including phenoxy) is 2. The molecule has 0 bridgehead atoms. The Labute approximate surface area is 121 Å². The van der Waals surface area contributed by atoms with Gasteiger partial charge >= 0.3 is 5.97 Å². The van der Waals surface area contributed by atoms with Gasteiger partial charge in [0.2, 0.25) is 5.60 Å². The van der Waals surface area contributed by atoms with Gasteiger partial charge in [-0.3, -0.25) is 0 Å². The second-order valence-electron chi connectivity index (χ2n) is 5.99. The van der Waals surface area contributed by atoms with Crippen molar-refractivity contribution in [3.05, 3.63) is 28.8 Å². The molecule has 1 unspecified atom stereocenters. The van der Waals surface area contributed by atoms with Crippen LogP contribution in [-0.4, -0.2) is 18.2 Å². The molecule has 1 aromatic rings. The predicted octanol–water partition coefficient (Wildman–Crippen LogP) is 3.77. The van der Waals surface area contributed by atoms with Crippen LogP contribution in [0.15, 0.2) is 12.1 Å². The molecule has 0 radical (unpaired) electrons. The molecular formula is C17H24O3. The zero-order valence-electron chi connectivity index (χ0n) is 13.1. The predicted molar refractivity (Wildman–Crippen MR) is 79.3 cm³/mol. The molecule has 1 aliphatic rings. The number of aryl methyl sites for hydroxylation is 1. The highest BCUT2D eigenvalue weighted by atomic mass is 16.6. The fraction of sp³-hybridized carbons (Fsp3) is 0.588. The summed E-state index contributed by atoms with van der Waals surface area (Å²) >= 11 is 0. The summed E-state index contributed by atoms with van der Waals surface area (Å²) in [5.74, 6) is 0.998. The molecule has 0 aliphatic carbocycles. The third-order valence-electron chi connectivity index (χ3n) is 4.03. The molecular weight excluding hydrogens is 252 g/mol. The molecule has 110 valence electrons. The van der Waals surface area contributed by atoms with Crippen molar-refractivity contribution in [2.24, 2.45) is 0 Å². The topological polar surface area (TPSA) is 35.5 Å². The minimum Gasteiger partial charge on any atom is -0.475 e. The lowest BCUT2D eigenvalue weighted by atomic mass is 9.87. The smallest absolute Gasteiger partial charge is 0.350 e. The number of carbonyl (C=O) groups excluding carboxylic acids is 1. The Morgan fingerprint density at radius 1 is 1.45 bits per heavy atom. The summed E-state index contributed by atoms with van der Waals surface area (Å²) in [5.41, 5.74) is 2.77. The van der Waals surface area contributed by atoms with E-state index in [0.717, 1.165) is 12.2 Å². The van der Waals surface area contributed by atoms with E-state index in [1.807, 2.05) is 13.8 Å². The first-order valence-corrected chi connectivity index (χ1v) is 7.37. The van der Waals surface area contributed by atoms with E-state index in [4.69, 9.17) is 9.47 Å². The minimum absolute atomic E-state index is 0.262. The standard InChI is InChI=1S/C17H24O3/c1-6-19-16(18)17(5)10-9-14-12(4)7-8-13(11(2)3)15(14)20-17/h7-8,11H,6,9-10H2,1-5H3. The Morgan fingerprint density at radius 3 is 2.75 bits per heavy atom. The van der Waals surface area contributed by atoms with E-state index in [0.29, 0.717) is 18.9 Å². The van der Waals surface area contributed by atoms with Crippen molar-refractivity contribution in [2.75, 3.05) is 6.61 Å². The van der Waals surface area contributed by atoms with Crippen molar-refractivity contribution in [3.63, 3.8) is 0 Å². The van der Waals surface area contributed by atoms with Crippen LogP contribution in [0, 0.1) is 6.92 Å². The summed E-state index contributed by atoms with van der Waals surface area (Å²) in [7, 11) is 0. The van der Waals surface area contributed by atoms with Crippen molar-refractivity contribution in [1.29, 1.82) is 0 Å². The van der Waals surface area contributed by atoms with Gasteiger partial charge in [0.05, 0.1) is 6.61 Å². The average molecular weight is 276 g/mol. The molecule has 0 N–H and O–H groups in total. The molecule has 0 spiro atoms. The first-order chi connectivity index (χ1) is 9.39. The summed E-state index contributed by atoms with van der Waals surface area (Å²) in [5, 5.41) is 0. The van der Waals surface area contributed by atoms with Crippen LogP contribution in [0.5, 0.6) is 5.75 Å². The van der Waals surface area contributed by atoms with Crippen LogP contribution in [0.2, 0.25) is 0 Å². The summed E-state index contributed by atoms with van der Waals surface area (Å²) in [6.45, 7) is 10.4. The molecule has 20 heavy (non-hydrogen) atoms. The molecule has 0 saturated carbocycles. The van der Waals surface area contributed by atoms with E-state index in [9.17, 15) is 4.79 Å². The Kier molecular flexibility index (Phi) is 4.07. The van der Waals surface area contributed by atoms with Gasteiger partial charge in [0.1, 0.15) is 5.75 Å². The Hall–Kier alpha value is -1.51. The van der Waals surface area contributed by atoms with Crippen LogP contribution in [-0.2, 0) is 16.0 Å². The zero-order valence-corrected chi connectivity index (χ0v) is 13.1. The first kappa shape index (κ1) is 14.9. The number of carbonyl (C=O) groups is 1. The van der Waals surface area contributed by atoms with Gasteiger partial charge in [0.25, 0.3) is 0 Å². The van der Waals surface area contributed by atoms with Crippen molar-refractivity contribution in [3.8, 4) is 5.75 Å². The third kappa shape index (κ3) is 2.54. The first-order valence-electron chi connectivity index (χ1n) is 7.37. The SMILES string of the molecule is CCOC(=O)C1(C)CCc2c(C)ccc(C(C)C)c2O1. The Balaban J connectivity index is 2.42. The maximum Gasteiger partial charge on any atom is 0.350 e. The van der Waals surface area contributed by atoms with Gasteiger partial charge in [-0.05, 0) is 49.8 Å². The van der Waals surface area contributed by atoms with Gasteiger partial charge in [-0.1, -0.05) is 26.0 Å². The van der Waals surface area contributed by atoms with E-state index in [1.165, 1.54) is 16.7 Å². The van der Waals surface area contributed by atoms with Crippen LogP contribution in [0.25, 0.3) is 0 Å². The largest absolute Gasteiger partial charge is 0.475 e. The molecule has 1 heterocycles. The maximum atomic E-state index is 12.1. The van der Waals surface area contributed by atoms with Gasteiger partial charge in [-0.15, -0.1) is 0 Å². The molecule has 0 amide bonds. The second kappa shape index (κ2) is 5.47. The van der Waals surface area contributed by atoms with Gasteiger partial charge in [-0.2, -0.15) is 0 Å². The summed E-state index contributed by atoms with van der Waals surface area (Å²) in [6, 6.07) is 4.25. The number of fused-ring (bicyclic) bond motifs is 1. The quantitative estimate of drug-likeness (QED) is 0.788. The number of esters is 1. The van der Waals surface area contributed by atoms with Crippen LogP contribution >= 0.6 is 0 Å². The number of rotatable bonds is 3. The van der Waals surface area contributed by atoms with Crippen molar-refractivity contribution >= 4 is 5.97 Å². The van der Waals surface area contributed by atoms with E-state index in [1.54, 1.807) is 0 Å². The van der Waals surface area contributed by atoms with Gasteiger partial charge in [-0.25, -0.2) is 4.79 Å². The van der Waals surface area contributed by atoms with Crippen molar-refractivity contribution < 1.29 is 14.3 Å². The van der Waals surface area contributed by atoms with E-state index < -0.39 is 5.60 Å². The van der Waals surface area contributed by atoms with Crippen LogP contribution in [0.4, 0.5) is 0 Å². The normalized spacial score (nSPS) is 21.3. The molecule has 0 fully saturated rings. The van der Waals surface area contributed by atoms with Crippen molar-refractivity contribution in [1.82, 2.24) is 0 Å². The molecule has 1 aromatic carbocycles. The maximum absolute atomic E-state index is 12.1. The average Bonchev–Trinajstić information content (AvgIpc) is 2.38. The van der Waals surface area contributed by atoms with E-state index in [-0.39, 0.29) is 5.97 Å². The van der Waals surface area contributed by atoms with Gasteiger partial charge in [0.15, 0.2) is 0 Å². The Bertz CT molecular complexity index is 519. The molecule has 1 atom stereocenters. The lowest BCUT2D eigenvalue weighted by molar-refractivity contribution is -0.161. The summed E-state index contributed by atoms with van der Waals surface area (Å²) in [4.78, 5) is 12.1. The molecule has 3 heteroatoms. The Morgan fingerprint density at radius 2 is 2.15 bits per heavy atom. The second-order valence-corrected chi connectivity index (χ2v) is 5.99. The molecule has 1 aliphatic heterocycles. The highest BCUT2D eigenvalue weighted by Crippen LogP contribution is 2.40. The van der Waals surface area contributed by atoms with Gasteiger partial charge in [0, 0.05) is 6.42 Å². The lowest BCUT2D eigenvalue weighted by Gasteiger charge is -2.36. The summed E-state index contributed by atoms with van der Waals surface area (Å²) < 4.78 is 11.3. The lowest BCUT2D eigenvalue weighted by Crippen LogP contribution is -2.46. The monoisotopic (exact) mass is 276 g/mol. The highest BCUT2D eigenvalue weighted by Gasteiger charge is 2.41. The highest BCUT2D eigenvalue weighted by molar-refractivity contribution is 5.80.